The fourth-order valence-electron chi connectivity index (χ4n) is 2.66. The van der Waals surface area contributed by atoms with Crippen molar-refractivity contribution in [3.05, 3.63) is 82.3 Å². The molecule has 7 heteroatoms. The Morgan fingerprint density at radius 3 is 2.59 bits per heavy atom. The largest absolute Gasteiger partial charge is 0.324 e. The lowest BCUT2D eigenvalue weighted by molar-refractivity contribution is 0.102. The van der Waals surface area contributed by atoms with Crippen LogP contribution in [0.2, 0.25) is 10.0 Å². The number of nitrogens with one attached hydrogen (secondary N) is 3. The number of hydrogen-bond donors (Lipinski definition) is 3. The highest BCUT2D eigenvalue weighted by Gasteiger charge is 2.10. The topological polar surface area (TPSA) is 69.8 Å². The summed E-state index contributed by atoms with van der Waals surface area (Å²) in [6.07, 6.45) is 0. The molecule has 0 unspecified atom stereocenters. The Morgan fingerprint density at radius 2 is 1.78 bits per heavy atom. The molecule has 0 radical (unpaired) electrons. The summed E-state index contributed by atoms with van der Waals surface area (Å²) in [5.74, 6) is 0.319. The third-order valence-corrected chi connectivity index (χ3v) is 4.52. The number of carbonyl (C=O) groups is 1. The molecule has 1 heterocycles. The Bertz CT molecular complexity index is 1130. The van der Waals surface area contributed by atoms with Crippen LogP contribution in [0, 0.1) is 0 Å². The summed E-state index contributed by atoms with van der Waals surface area (Å²) in [5.41, 5.74) is 3.38. The van der Waals surface area contributed by atoms with E-state index in [0.29, 0.717) is 27.2 Å². The van der Waals surface area contributed by atoms with E-state index in [1.165, 1.54) is 0 Å². The second kappa shape index (κ2) is 7.31. The van der Waals surface area contributed by atoms with Gasteiger partial charge in [0.05, 0.1) is 21.7 Å². The number of hydrogen-bond acceptors (Lipinski definition) is 3. The van der Waals surface area contributed by atoms with Gasteiger partial charge in [0.1, 0.15) is 0 Å². The highest BCUT2D eigenvalue weighted by molar-refractivity contribution is 6.35. The maximum atomic E-state index is 12.4. The van der Waals surface area contributed by atoms with Gasteiger partial charge in [-0.3, -0.25) is 4.79 Å². The van der Waals surface area contributed by atoms with Gasteiger partial charge in [-0.1, -0.05) is 41.4 Å². The van der Waals surface area contributed by atoms with Crippen LogP contribution in [-0.2, 0) is 0 Å². The number of halogens is 2. The molecule has 0 spiro atoms. The summed E-state index contributed by atoms with van der Waals surface area (Å²) < 4.78 is 0. The Kier molecular flexibility index (Phi) is 4.71. The van der Waals surface area contributed by atoms with Crippen molar-refractivity contribution in [2.24, 2.45) is 0 Å². The number of H-pyrrole nitrogens is 1. The van der Waals surface area contributed by atoms with Gasteiger partial charge in [-0.15, -0.1) is 0 Å². The summed E-state index contributed by atoms with van der Waals surface area (Å²) >= 11 is 12.2. The van der Waals surface area contributed by atoms with Crippen molar-refractivity contribution in [3.63, 3.8) is 0 Å². The first-order valence-electron chi connectivity index (χ1n) is 8.17. The van der Waals surface area contributed by atoms with Crippen LogP contribution in [0.5, 0.6) is 0 Å². The highest BCUT2D eigenvalue weighted by Crippen LogP contribution is 2.28. The van der Waals surface area contributed by atoms with Crippen LogP contribution in [0.15, 0.2) is 66.7 Å². The number of anilines is 3. The minimum Gasteiger partial charge on any atom is -0.324 e. The molecule has 0 bridgehead atoms. The number of para-hydroxylation sites is 1. The first-order chi connectivity index (χ1) is 13.1. The fourth-order valence-corrected chi connectivity index (χ4v) is 2.99. The molecule has 4 rings (SSSR count). The number of imidazole rings is 1. The number of aromatic amines is 1. The van der Waals surface area contributed by atoms with E-state index >= 15 is 0 Å². The molecular formula is C20H14Cl2N4O. The summed E-state index contributed by atoms with van der Waals surface area (Å²) in [5, 5.41) is 7.07. The lowest BCUT2D eigenvalue weighted by Crippen LogP contribution is -2.11. The van der Waals surface area contributed by atoms with Gasteiger partial charge >= 0.3 is 0 Å². The van der Waals surface area contributed by atoms with Crippen LogP contribution in [0.3, 0.4) is 0 Å². The molecule has 27 heavy (non-hydrogen) atoms. The normalized spacial score (nSPS) is 10.7. The Hall–Kier alpha value is -3.02. The first-order valence-corrected chi connectivity index (χ1v) is 8.92. The lowest BCUT2D eigenvalue weighted by Gasteiger charge is -2.05. The van der Waals surface area contributed by atoms with Crippen LogP contribution in [0.4, 0.5) is 17.3 Å². The number of aromatic nitrogens is 2. The van der Waals surface area contributed by atoms with Gasteiger partial charge in [0.15, 0.2) is 0 Å². The number of benzene rings is 3. The van der Waals surface area contributed by atoms with E-state index in [0.717, 1.165) is 16.7 Å². The van der Waals surface area contributed by atoms with E-state index in [4.69, 9.17) is 23.2 Å². The summed E-state index contributed by atoms with van der Waals surface area (Å²) in [6, 6.07) is 19.7. The van der Waals surface area contributed by atoms with Crippen LogP contribution in [0.1, 0.15) is 10.4 Å². The zero-order valence-corrected chi connectivity index (χ0v) is 15.5. The smallest absolute Gasteiger partial charge is 0.255 e. The van der Waals surface area contributed by atoms with E-state index in [2.05, 4.69) is 20.6 Å². The molecule has 3 aromatic carbocycles. The molecule has 1 aromatic heterocycles. The fraction of sp³-hybridized carbons (Fsp3) is 0. The number of amides is 1. The number of rotatable bonds is 4. The molecule has 0 atom stereocenters. The van der Waals surface area contributed by atoms with Crippen molar-refractivity contribution >= 4 is 57.5 Å². The van der Waals surface area contributed by atoms with Crippen molar-refractivity contribution in [1.29, 1.82) is 0 Å². The monoisotopic (exact) mass is 396 g/mol. The first kappa shape index (κ1) is 17.4. The summed E-state index contributed by atoms with van der Waals surface area (Å²) in [6.45, 7) is 0. The molecule has 0 aliphatic rings. The molecule has 0 saturated carbocycles. The zero-order valence-electron chi connectivity index (χ0n) is 14.0. The van der Waals surface area contributed by atoms with Gasteiger partial charge in [0.25, 0.3) is 5.91 Å². The highest BCUT2D eigenvalue weighted by atomic mass is 35.5. The average Bonchev–Trinajstić information content (AvgIpc) is 3.07. The molecule has 0 aliphatic heterocycles. The zero-order chi connectivity index (χ0) is 18.8. The molecule has 0 fully saturated rings. The van der Waals surface area contributed by atoms with E-state index in [1.54, 1.807) is 36.4 Å². The van der Waals surface area contributed by atoms with Gasteiger partial charge < -0.3 is 15.6 Å². The molecule has 3 N–H and O–H groups in total. The Labute approximate surface area is 165 Å². The molecule has 1 amide bonds. The average molecular weight is 397 g/mol. The second-order valence-electron chi connectivity index (χ2n) is 5.89. The minimum absolute atomic E-state index is 0.190. The third-order valence-electron chi connectivity index (χ3n) is 3.96. The number of nitrogens with zero attached hydrogens (tertiary/aromatic N) is 1. The third kappa shape index (κ3) is 3.89. The van der Waals surface area contributed by atoms with E-state index in [9.17, 15) is 4.79 Å². The maximum Gasteiger partial charge on any atom is 0.255 e. The van der Waals surface area contributed by atoms with Gasteiger partial charge in [0, 0.05) is 16.3 Å². The van der Waals surface area contributed by atoms with Crippen molar-refractivity contribution in [2.75, 3.05) is 10.6 Å². The van der Waals surface area contributed by atoms with E-state index in [1.807, 2.05) is 30.3 Å². The molecule has 4 aromatic rings. The van der Waals surface area contributed by atoms with E-state index < -0.39 is 0 Å². The Morgan fingerprint density at radius 1 is 0.963 bits per heavy atom. The standard InChI is InChI=1S/C20H14Cl2N4O/c21-13-7-8-15(22)17(11-13)25-20-24-16-9-6-12(10-18(16)26-20)19(27)23-14-4-2-1-3-5-14/h1-11H,(H,23,27)(H2,24,25,26). The maximum absolute atomic E-state index is 12.4. The van der Waals surface area contributed by atoms with Crippen LogP contribution < -0.4 is 10.6 Å². The van der Waals surface area contributed by atoms with Crippen molar-refractivity contribution in [2.45, 2.75) is 0 Å². The second-order valence-corrected chi connectivity index (χ2v) is 6.73. The number of fused-ring (bicyclic) bond motifs is 1. The molecular weight excluding hydrogens is 383 g/mol. The molecule has 5 nitrogen and oxygen atoms in total. The van der Waals surface area contributed by atoms with Gasteiger partial charge in [-0.2, -0.15) is 0 Å². The minimum atomic E-state index is -0.190. The summed E-state index contributed by atoms with van der Waals surface area (Å²) in [7, 11) is 0. The van der Waals surface area contributed by atoms with Gasteiger partial charge in [-0.25, -0.2) is 4.98 Å². The van der Waals surface area contributed by atoms with Crippen molar-refractivity contribution < 1.29 is 4.79 Å². The van der Waals surface area contributed by atoms with Crippen molar-refractivity contribution in [1.82, 2.24) is 9.97 Å². The van der Waals surface area contributed by atoms with Crippen LogP contribution in [-0.4, -0.2) is 15.9 Å². The summed E-state index contributed by atoms with van der Waals surface area (Å²) in [4.78, 5) is 20.1. The van der Waals surface area contributed by atoms with Crippen molar-refractivity contribution in [3.8, 4) is 0 Å². The quantitative estimate of drug-likeness (QED) is 0.404. The predicted octanol–water partition coefficient (Wildman–Crippen LogP) is 5.87. The molecule has 0 saturated heterocycles. The molecule has 134 valence electrons. The van der Waals surface area contributed by atoms with Crippen LogP contribution in [0.25, 0.3) is 11.0 Å². The van der Waals surface area contributed by atoms with Gasteiger partial charge in [0.2, 0.25) is 5.95 Å². The van der Waals surface area contributed by atoms with Crippen LogP contribution >= 0.6 is 23.2 Å². The lowest BCUT2D eigenvalue weighted by atomic mass is 10.2. The Balaban J connectivity index is 1.58. The molecule has 0 aliphatic carbocycles. The van der Waals surface area contributed by atoms with Gasteiger partial charge in [-0.05, 0) is 48.5 Å². The number of carbonyl (C=O) groups excluding carboxylic acids is 1. The predicted molar refractivity (Wildman–Crippen MR) is 110 cm³/mol. The SMILES string of the molecule is O=C(Nc1ccccc1)c1ccc2nc(Nc3cc(Cl)ccc3Cl)[nH]c2c1. The van der Waals surface area contributed by atoms with E-state index in [-0.39, 0.29) is 5.91 Å².